The maximum Gasteiger partial charge on any atom is 0.272 e. The molecule has 1 N–H and O–H groups in total. The predicted molar refractivity (Wildman–Crippen MR) is 77.2 cm³/mol. The number of rotatable bonds is 6. The molecule has 0 aromatic carbocycles. The fourth-order valence-electron chi connectivity index (χ4n) is 1.53. The maximum atomic E-state index is 11.9. The van der Waals surface area contributed by atoms with Crippen LogP contribution in [0.3, 0.4) is 0 Å². The smallest absolute Gasteiger partial charge is 0.272 e. The van der Waals surface area contributed by atoms with Crippen molar-refractivity contribution < 1.29 is 13.2 Å². The number of thiazole rings is 1. The maximum absolute atomic E-state index is 11.9. The van der Waals surface area contributed by atoms with Crippen molar-refractivity contribution in [1.29, 1.82) is 0 Å². The van der Waals surface area contributed by atoms with E-state index in [9.17, 15) is 13.2 Å². The van der Waals surface area contributed by atoms with Crippen molar-refractivity contribution in [2.24, 2.45) is 5.92 Å². The van der Waals surface area contributed by atoms with Gasteiger partial charge in [-0.2, -0.15) is 0 Å². The highest BCUT2D eigenvalue weighted by atomic mass is 35.7. The van der Waals surface area contributed by atoms with Gasteiger partial charge in [0, 0.05) is 16.6 Å². The minimum Gasteiger partial charge on any atom is -0.302 e. The van der Waals surface area contributed by atoms with Gasteiger partial charge in [-0.3, -0.25) is 4.79 Å². The number of nitrogens with zero attached hydrogens (tertiary/aromatic N) is 1. The number of carbonyl (C=O) groups is 1. The summed E-state index contributed by atoms with van der Waals surface area (Å²) in [6.45, 7) is 5.44. The molecule has 1 aromatic rings. The number of anilines is 1. The second kappa shape index (κ2) is 6.67. The third-order valence-electron chi connectivity index (χ3n) is 2.64. The molecule has 1 atom stereocenters. The van der Waals surface area contributed by atoms with Gasteiger partial charge in [0.1, 0.15) is 0 Å². The van der Waals surface area contributed by atoms with Crippen LogP contribution in [-0.2, 0) is 13.8 Å². The van der Waals surface area contributed by atoms with Crippen LogP contribution in [0.5, 0.6) is 0 Å². The van der Waals surface area contributed by atoms with Crippen molar-refractivity contribution in [3.8, 4) is 0 Å². The lowest BCUT2D eigenvalue weighted by molar-refractivity contribution is -0.119. The summed E-state index contributed by atoms with van der Waals surface area (Å²) in [6, 6.07) is 0. The number of halogens is 1. The Morgan fingerprint density at radius 3 is 2.63 bits per heavy atom. The summed E-state index contributed by atoms with van der Waals surface area (Å²) in [5, 5.41) is 2.90. The van der Waals surface area contributed by atoms with Gasteiger partial charge in [-0.1, -0.05) is 38.0 Å². The van der Waals surface area contributed by atoms with Crippen molar-refractivity contribution in [3.05, 3.63) is 5.69 Å². The molecule has 5 nitrogen and oxygen atoms in total. The number of unbranched alkanes of at least 4 members (excludes halogenated alkanes) is 1. The molecule has 1 heterocycles. The van der Waals surface area contributed by atoms with E-state index in [2.05, 4.69) is 17.2 Å². The van der Waals surface area contributed by atoms with Gasteiger partial charge in [0.2, 0.25) is 5.91 Å². The van der Waals surface area contributed by atoms with Gasteiger partial charge in [-0.05, 0) is 13.3 Å². The molecule has 1 rings (SSSR count). The summed E-state index contributed by atoms with van der Waals surface area (Å²) in [4.78, 5) is 15.9. The molecular formula is C11H17ClN2O3S2. The molecule has 0 aliphatic carbocycles. The third-order valence-corrected chi connectivity index (χ3v) is 5.90. The zero-order valence-corrected chi connectivity index (χ0v) is 13.5. The van der Waals surface area contributed by atoms with Crippen LogP contribution in [0.1, 0.15) is 38.8 Å². The first-order valence-electron chi connectivity index (χ1n) is 5.98. The topological polar surface area (TPSA) is 76.1 Å². The van der Waals surface area contributed by atoms with Gasteiger partial charge in [-0.15, -0.1) is 0 Å². The molecule has 0 spiro atoms. The molecule has 19 heavy (non-hydrogen) atoms. The molecule has 1 unspecified atom stereocenters. The minimum atomic E-state index is -3.81. The highest BCUT2D eigenvalue weighted by Gasteiger charge is 2.21. The molecule has 108 valence electrons. The normalized spacial score (nSPS) is 13.3. The van der Waals surface area contributed by atoms with E-state index in [4.69, 9.17) is 10.7 Å². The zero-order valence-electron chi connectivity index (χ0n) is 11.1. The second-order valence-corrected chi connectivity index (χ2v) is 8.12. The largest absolute Gasteiger partial charge is 0.302 e. The Balaban J connectivity index is 2.76. The number of hydrogen-bond acceptors (Lipinski definition) is 5. The van der Waals surface area contributed by atoms with Crippen molar-refractivity contribution in [3.63, 3.8) is 0 Å². The summed E-state index contributed by atoms with van der Waals surface area (Å²) in [5.74, 6) is -0.277. The van der Waals surface area contributed by atoms with Crippen LogP contribution in [0, 0.1) is 12.8 Å². The Labute approximate surface area is 121 Å². The Kier molecular flexibility index (Phi) is 5.76. The van der Waals surface area contributed by atoms with E-state index >= 15 is 0 Å². The average molecular weight is 325 g/mol. The summed E-state index contributed by atoms with van der Waals surface area (Å²) in [5.41, 5.74) is 0.302. The summed E-state index contributed by atoms with van der Waals surface area (Å²) >= 11 is 0.873. The molecular weight excluding hydrogens is 308 g/mol. The molecule has 0 saturated heterocycles. The summed E-state index contributed by atoms with van der Waals surface area (Å²) < 4.78 is 22.5. The van der Waals surface area contributed by atoms with Gasteiger partial charge in [0.05, 0.1) is 5.69 Å². The van der Waals surface area contributed by atoms with Crippen molar-refractivity contribution in [1.82, 2.24) is 4.98 Å². The predicted octanol–water partition coefficient (Wildman–Crippen LogP) is 3.14. The Morgan fingerprint density at radius 1 is 1.53 bits per heavy atom. The minimum absolute atomic E-state index is 0.0225. The number of carbonyl (C=O) groups excluding carboxylic acids is 1. The molecule has 1 amide bonds. The molecule has 0 fully saturated rings. The van der Waals surface area contributed by atoms with E-state index in [-0.39, 0.29) is 21.2 Å². The number of aromatic nitrogens is 1. The summed E-state index contributed by atoms with van der Waals surface area (Å²) in [7, 11) is 1.47. The first-order chi connectivity index (χ1) is 8.75. The molecule has 0 radical (unpaired) electrons. The van der Waals surface area contributed by atoms with Gasteiger partial charge in [0.15, 0.2) is 9.34 Å². The molecule has 0 aliphatic heterocycles. The van der Waals surface area contributed by atoms with Crippen molar-refractivity contribution >= 4 is 42.1 Å². The summed E-state index contributed by atoms with van der Waals surface area (Å²) in [6.07, 6.45) is 2.81. The molecule has 0 bridgehead atoms. The van der Waals surface area contributed by atoms with Gasteiger partial charge >= 0.3 is 0 Å². The average Bonchev–Trinajstić information content (AvgIpc) is 2.66. The van der Waals surface area contributed by atoms with Crippen LogP contribution in [0.4, 0.5) is 5.13 Å². The van der Waals surface area contributed by atoms with Crippen molar-refractivity contribution in [2.75, 3.05) is 5.32 Å². The Bertz CT molecular complexity index is 554. The third kappa shape index (κ3) is 4.74. The van der Waals surface area contributed by atoms with Crippen LogP contribution in [0.2, 0.25) is 0 Å². The van der Waals surface area contributed by atoms with Crippen LogP contribution in [0.15, 0.2) is 4.21 Å². The fourth-order valence-corrected chi connectivity index (χ4v) is 3.89. The number of aryl methyl sites for hydroxylation is 1. The van der Waals surface area contributed by atoms with E-state index < -0.39 is 9.05 Å². The van der Waals surface area contributed by atoms with E-state index in [1.165, 1.54) is 0 Å². The number of amides is 1. The Hall–Kier alpha value is -0.660. The molecule has 0 saturated carbocycles. The SMILES string of the molecule is CCCCC(C)C(=O)Nc1nc(C)c(S(=O)(=O)Cl)s1. The molecule has 8 heteroatoms. The van der Waals surface area contributed by atoms with E-state index in [1.807, 2.05) is 6.92 Å². The Morgan fingerprint density at radius 2 is 2.16 bits per heavy atom. The monoisotopic (exact) mass is 324 g/mol. The van der Waals surface area contributed by atoms with Crippen LogP contribution < -0.4 is 5.32 Å². The lowest BCUT2D eigenvalue weighted by atomic mass is 10.0. The van der Waals surface area contributed by atoms with E-state index in [0.29, 0.717) is 5.69 Å². The first-order valence-corrected chi connectivity index (χ1v) is 9.11. The highest BCUT2D eigenvalue weighted by molar-refractivity contribution is 8.15. The lowest BCUT2D eigenvalue weighted by Crippen LogP contribution is -2.20. The van der Waals surface area contributed by atoms with E-state index in [1.54, 1.807) is 6.92 Å². The lowest BCUT2D eigenvalue weighted by Gasteiger charge is -2.09. The molecule has 0 aliphatic rings. The zero-order chi connectivity index (χ0) is 14.6. The van der Waals surface area contributed by atoms with Gasteiger partial charge < -0.3 is 5.32 Å². The second-order valence-electron chi connectivity index (χ2n) is 4.36. The van der Waals surface area contributed by atoms with E-state index in [0.717, 1.165) is 30.6 Å². The van der Waals surface area contributed by atoms with Gasteiger partial charge in [-0.25, -0.2) is 13.4 Å². The fraction of sp³-hybridized carbons (Fsp3) is 0.636. The van der Waals surface area contributed by atoms with Crippen molar-refractivity contribution in [2.45, 2.75) is 44.2 Å². The van der Waals surface area contributed by atoms with Crippen LogP contribution in [-0.4, -0.2) is 19.3 Å². The highest BCUT2D eigenvalue weighted by Crippen LogP contribution is 2.30. The number of hydrogen-bond donors (Lipinski definition) is 1. The first kappa shape index (κ1) is 16.4. The number of nitrogens with one attached hydrogen (secondary N) is 1. The van der Waals surface area contributed by atoms with Crippen LogP contribution >= 0.6 is 22.0 Å². The quantitative estimate of drug-likeness (QED) is 0.815. The molecule has 1 aromatic heterocycles. The van der Waals surface area contributed by atoms with Gasteiger partial charge in [0.25, 0.3) is 9.05 Å². The standard InChI is InChI=1S/C11H17ClN2O3S2/c1-4-5-6-7(2)9(15)14-11-13-8(3)10(18-11)19(12,16)17/h7H,4-6H2,1-3H3,(H,13,14,15). The van der Waals surface area contributed by atoms with Crippen LogP contribution in [0.25, 0.3) is 0 Å².